The van der Waals surface area contributed by atoms with Gasteiger partial charge in [-0.25, -0.2) is 4.39 Å². The summed E-state index contributed by atoms with van der Waals surface area (Å²) in [5.41, 5.74) is 0.515. The predicted molar refractivity (Wildman–Crippen MR) is 69.5 cm³/mol. The van der Waals surface area contributed by atoms with Crippen LogP contribution < -0.4 is 0 Å². The molecule has 19 heavy (non-hydrogen) atoms. The minimum Gasteiger partial charge on any atom is -0.504 e. The second kappa shape index (κ2) is 5.35. The topological polar surface area (TPSA) is 57.5 Å². The van der Waals surface area contributed by atoms with Crippen LogP contribution >= 0.6 is 0 Å². The van der Waals surface area contributed by atoms with Crippen LogP contribution in [0.1, 0.15) is 15.9 Å². The third-order valence-corrected chi connectivity index (χ3v) is 2.57. The average Bonchev–Trinajstić information content (AvgIpc) is 2.40. The molecule has 3 nitrogen and oxygen atoms in total. The number of hydrogen-bond donors (Lipinski definition) is 2. The Labute approximate surface area is 109 Å². The molecule has 2 rings (SSSR count). The highest BCUT2D eigenvalue weighted by Crippen LogP contribution is 2.25. The Bertz CT molecular complexity index is 648. The van der Waals surface area contributed by atoms with Crippen molar-refractivity contribution in [2.75, 3.05) is 0 Å². The first-order chi connectivity index (χ1) is 9.08. The van der Waals surface area contributed by atoms with Gasteiger partial charge in [-0.2, -0.15) is 0 Å². The smallest absolute Gasteiger partial charge is 0.188 e. The Balaban J connectivity index is 2.21. The molecular formula is C15H11FO3. The maximum atomic E-state index is 13.4. The van der Waals surface area contributed by atoms with Gasteiger partial charge in [-0.3, -0.25) is 4.79 Å². The molecular weight excluding hydrogens is 247 g/mol. The number of ketones is 1. The van der Waals surface area contributed by atoms with Crippen LogP contribution in [0.5, 0.6) is 11.5 Å². The third-order valence-electron chi connectivity index (χ3n) is 2.57. The molecule has 0 atom stereocenters. The van der Waals surface area contributed by atoms with Gasteiger partial charge in [-0.15, -0.1) is 0 Å². The van der Waals surface area contributed by atoms with Gasteiger partial charge in [0.05, 0.1) is 5.56 Å². The van der Waals surface area contributed by atoms with E-state index in [0.717, 1.165) is 0 Å². The molecule has 0 aliphatic rings. The minimum atomic E-state index is -0.578. The number of rotatable bonds is 3. The van der Waals surface area contributed by atoms with Crippen molar-refractivity contribution in [1.29, 1.82) is 0 Å². The molecule has 0 aliphatic heterocycles. The van der Waals surface area contributed by atoms with Crippen molar-refractivity contribution in [2.24, 2.45) is 0 Å². The molecule has 0 radical (unpaired) electrons. The van der Waals surface area contributed by atoms with Crippen LogP contribution in [-0.4, -0.2) is 16.0 Å². The molecule has 0 saturated heterocycles. The number of carbonyl (C=O) groups excluding carboxylic acids is 1. The first-order valence-electron chi connectivity index (χ1n) is 5.57. The van der Waals surface area contributed by atoms with Crippen molar-refractivity contribution >= 4 is 11.9 Å². The second-order valence-electron chi connectivity index (χ2n) is 3.93. The number of benzene rings is 2. The zero-order valence-corrected chi connectivity index (χ0v) is 9.88. The first kappa shape index (κ1) is 12.8. The van der Waals surface area contributed by atoms with Gasteiger partial charge in [0.25, 0.3) is 0 Å². The number of phenols is 2. The fraction of sp³-hybridized carbons (Fsp3) is 0. The van der Waals surface area contributed by atoms with Crippen LogP contribution in [0.2, 0.25) is 0 Å². The lowest BCUT2D eigenvalue weighted by atomic mass is 10.1. The molecule has 0 amide bonds. The highest BCUT2D eigenvalue weighted by molar-refractivity contribution is 6.07. The normalized spacial score (nSPS) is 10.8. The molecule has 0 bridgehead atoms. The van der Waals surface area contributed by atoms with E-state index in [9.17, 15) is 14.3 Å². The number of halogens is 1. The molecule has 0 aliphatic carbocycles. The van der Waals surface area contributed by atoms with E-state index < -0.39 is 11.6 Å². The highest BCUT2D eigenvalue weighted by Gasteiger charge is 2.07. The van der Waals surface area contributed by atoms with E-state index >= 15 is 0 Å². The number of allylic oxidation sites excluding steroid dienone is 1. The van der Waals surface area contributed by atoms with E-state index in [4.69, 9.17) is 5.11 Å². The zero-order chi connectivity index (χ0) is 13.8. The fourth-order valence-electron chi connectivity index (χ4n) is 1.57. The van der Waals surface area contributed by atoms with E-state index in [1.165, 1.54) is 48.6 Å². The van der Waals surface area contributed by atoms with Gasteiger partial charge in [-0.05, 0) is 35.9 Å². The van der Waals surface area contributed by atoms with Gasteiger partial charge < -0.3 is 10.2 Å². The van der Waals surface area contributed by atoms with Crippen molar-refractivity contribution in [1.82, 2.24) is 0 Å². The summed E-state index contributed by atoms with van der Waals surface area (Å²) in [5, 5.41) is 18.4. The van der Waals surface area contributed by atoms with Gasteiger partial charge in [0, 0.05) is 0 Å². The van der Waals surface area contributed by atoms with Gasteiger partial charge >= 0.3 is 0 Å². The Morgan fingerprint density at radius 3 is 2.47 bits per heavy atom. The van der Waals surface area contributed by atoms with Crippen LogP contribution in [0.15, 0.2) is 48.5 Å². The summed E-state index contributed by atoms with van der Waals surface area (Å²) >= 11 is 0. The molecule has 2 N–H and O–H groups in total. The standard InChI is InChI=1S/C15H11FO3/c16-12-4-2-1-3-11(12)13(17)7-5-10-6-8-14(18)15(19)9-10/h1-9,18-19H. The van der Waals surface area contributed by atoms with Crippen LogP contribution in [0.3, 0.4) is 0 Å². The maximum Gasteiger partial charge on any atom is 0.188 e. The van der Waals surface area contributed by atoms with E-state index in [-0.39, 0.29) is 17.1 Å². The van der Waals surface area contributed by atoms with Gasteiger partial charge in [0.15, 0.2) is 17.3 Å². The van der Waals surface area contributed by atoms with Crippen molar-refractivity contribution < 1.29 is 19.4 Å². The minimum absolute atomic E-state index is 0.0123. The van der Waals surface area contributed by atoms with Crippen LogP contribution in [0, 0.1) is 5.82 Å². The number of carbonyl (C=O) groups is 1. The van der Waals surface area contributed by atoms with Crippen LogP contribution in [-0.2, 0) is 0 Å². The largest absolute Gasteiger partial charge is 0.504 e. The lowest BCUT2D eigenvalue weighted by Gasteiger charge is -1.99. The maximum absolute atomic E-state index is 13.4. The summed E-state index contributed by atoms with van der Waals surface area (Å²) in [6.45, 7) is 0. The van der Waals surface area contributed by atoms with E-state index in [0.29, 0.717) is 5.56 Å². The van der Waals surface area contributed by atoms with Crippen molar-refractivity contribution in [3.05, 3.63) is 65.5 Å². The molecule has 0 saturated carbocycles. The van der Waals surface area contributed by atoms with Gasteiger partial charge in [-0.1, -0.05) is 24.3 Å². The lowest BCUT2D eigenvalue weighted by Crippen LogP contribution is -1.97. The average molecular weight is 258 g/mol. The van der Waals surface area contributed by atoms with E-state index in [2.05, 4.69) is 0 Å². The summed E-state index contributed by atoms with van der Waals surface area (Å²) in [6, 6.07) is 9.84. The zero-order valence-electron chi connectivity index (χ0n) is 9.88. The third kappa shape index (κ3) is 2.98. The summed E-state index contributed by atoms with van der Waals surface area (Å²) < 4.78 is 13.4. The molecule has 0 heterocycles. The van der Waals surface area contributed by atoms with Crippen molar-refractivity contribution in [3.63, 3.8) is 0 Å². The number of hydrogen-bond acceptors (Lipinski definition) is 3. The quantitative estimate of drug-likeness (QED) is 0.505. The summed E-state index contributed by atoms with van der Waals surface area (Å²) in [6.07, 6.45) is 2.65. The Hall–Kier alpha value is -2.62. The second-order valence-corrected chi connectivity index (χ2v) is 3.93. The number of aromatic hydroxyl groups is 2. The lowest BCUT2D eigenvalue weighted by molar-refractivity contribution is 0.104. The van der Waals surface area contributed by atoms with Crippen LogP contribution in [0.4, 0.5) is 4.39 Å². The molecule has 0 unspecified atom stereocenters. The van der Waals surface area contributed by atoms with Crippen molar-refractivity contribution in [2.45, 2.75) is 0 Å². The molecule has 2 aromatic rings. The molecule has 2 aromatic carbocycles. The van der Waals surface area contributed by atoms with E-state index in [1.54, 1.807) is 6.07 Å². The molecule has 0 fully saturated rings. The summed E-state index contributed by atoms with van der Waals surface area (Å²) in [7, 11) is 0. The van der Waals surface area contributed by atoms with Crippen molar-refractivity contribution in [3.8, 4) is 11.5 Å². The first-order valence-corrected chi connectivity index (χ1v) is 5.57. The molecule has 0 spiro atoms. The molecule has 4 heteroatoms. The van der Waals surface area contributed by atoms with Gasteiger partial charge in [0.1, 0.15) is 5.82 Å². The Morgan fingerprint density at radius 1 is 1.05 bits per heavy atom. The monoisotopic (exact) mass is 258 g/mol. The highest BCUT2D eigenvalue weighted by atomic mass is 19.1. The van der Waals surface area contributed by atoms with E-state index in [1.807, 2.05) is 0 Å². The summed E-state index contributed by atoms with van der Waals surface area (Å²) in [5.74, 6) is -1.56. The Kier molecular flexibility index (Phi) is 3.61. The SMILES string of the molecule is O=C(C=Cc1ccc(O)c(O)c1)c1ccccc1F. The molecule has 0 aromatic heterocycles. The Morgan fingerprint density at radius 2 is 1.79 bits per heavy atom. The predicted octanol–water partition coefficient (Wildman–Crippen LogP) is 3.13. The molecule has 96 valence electrons. The van der Waals surface area contributed by atoms with Crippen LogP contribution in [0.25, 0.3) is 6.08 Å². The fourth-order valence-corrected chi connectivity index (χ4v) is 1.57. The number of phenolic OH excluding ortho intramolecular Hbond substituents is 2. The summed E-state index contributed by atoms with van der Waals surface area (Å²) in [4.78, 5) is 11.8. The van der Waals surface area contributed by atoms with Gasteiger partial charge in [0.2, 0.25) is 0 Å².